The number of rotatable bonds is 8. The number of carbonyl (C=O) groups excluding carboxylic acids is 1. The molecule has 0 aliphatic heterocycles. The van der Waals surface area contributed by atoms with Gasteiger partial charge >= 0.3 is 0 Å². The minimum Gasteiger partial charge on any atom is -0.493 e. The van der Waals surface area contributed by atoms with E-state index >= 15 is 0 Å². The fourth-order valence-electron chi connectivity index (χ4n) is 3.02. The molecule has 1 saturated carbocycles. The monoisotopic (exact) mass is 427 g/mol. The molecule has 0 unspecified atom stereocenters. The van der Waals surface area contributed by atoms with Crippen molar-refractivity contribution >= 4 is 17.2 Å². The van der Waals surface area contributed by atoms with E-state index in [1.807, 2.05) is 0 Å². The summed E-state index contributed by atoms with van der Waals surface area (Å²) in [4.78, 5) is 29.9. The van der Waals surface area contributed by atoms with E-state index in [4.69, 9.17) is 4.74 Å². The Morgan fingerprint density at radius 3 is 2.77 bits per heavy atom. The molecular formula is C22H22FN3O3S. The number of benzene rings is 1. The van der Waals surface area contributed by atoms with Crippen LogP contribution in [0.1, 0.15) is 40.2 Å². The molecule has 1 aliphatic rings. The molecule has 1 fully saturated rings. The maximum absolute atomic E-state index is 13.0. The average Bonchev–Trinajstić information content (AvgIpc) is 3.47. The van der Waals surface area contributed by atoms with Crippen LogP contribution < -0.4 is 15.6 Å². The summed E-state index contributed by atoms with van der Waals surface area (Å²) < 4.78 is 20.1. The molecule has 30 heavy (non-hydrogen) atoms. The molecule has 1 N–H and O–H groups in total. The molecule has 0 bridgehead atoms. The van der Waals surface area contributed by atoms with Crippen molar-refractivity contribution in [3.63, 3.8) is 0 Å². The van der Waals surface area contributed by atoms with Crippen molar-refractivity contribution < 1.29 is 13.9 Å². The van der Waals surface area contributed by atoms with Gasteiger partial charge < -0.3 is 10.1 Å². The Hall–Kier alpha value is -3.00. The Labute approximate surface area is 177 Å². The number of aromatic nitrogens is 2. The van der Waals surface area contributed by atoms with E-state index in [-0.39, 0.29) is 23.8 Å². The van der Waals surface area contributed by atoms with Crippen LogP contribution in [-0.2, 0) is 6.54 Å². The van der Waals surface area contributed by atoms with Gasteiger partial charge in [-0.15, -0.1) is 0 Å². The molecule has 0 spiro atoms. The van der Waals surface area contributed by atoms with Crippen molar-refractivity contribution in [1.82, 2.24) is 14.9 Å². The fraction of sp³-hybridized carbons (Fsp3) is 0.318. The third-order valence-electron chi connectivity index (χ3n) is 4.95. The molecule has 1 aromatic carbocycles. The van der Waals surface area contributed by atoms with E-state index in [1.165, 1.54) is 35.6 Å². The molecule has 6 nitrogen and oxygen atoms in total. The molecule has 2 heterocycles. The summed E-state index contributed by atoms with van der Waals surface area (Å²) in [5, 5.41) is 3.23. The zero-order valence-electron chi connectivity index (χ0n) is 16.6. The molecule has 1 amide bonds. The van der Waals surface area contributed by atoms with Crippen LogP contribution in [0.15, 0.2) is 47.4 Å². The summed E-state index contributed by atoms with van der Waals surface area (Å²) in [6.45, 7) is 2.62. The minimum absolute atomic E-state index is 0.258. The second-order valence-corrected chi connectivity index (χ2v) is 8.35. The van der Waals surface area contributed by atoms with Crippen LogP contribution in [0.25, 0.3) is 5.13 Å². The van der Waals surface area contributed by atoms with Gasteiger partial charge in [-0.1, -0.05) is 36.3 Å². The van der Waals surface area contributed by atoms with Gasteiger partial charge in [-0.3, -0.25) is 14.2 Å². The van der Waals surface area contributed by atoms with Gasteiger partial charge in [0.2, 0.25) is 0 Å². The molecule has 0 radical (unpaired) electrons. The third kappa shape index (κ3) is 4.94. The molecular weight excluding hydrogens is 405 g/mol. The maximum Gasteiger partial charge on any atom is 0.263 e. The number of thiazole rings is 1. The first-order valence-corrected chi connectivity index (χ1v) is 10.7. The highest BCUT2D eigenvalue weighted by Gasteiger charge is 2.21. The lowest BCUT2D eigenvalue weighted by Crippen LogP contribution is -2.22. The van der Waals surface area contributed by atoms with Crippen molar-refractivity contribution in [2.24, 2.45) is 5.92 Å². The second-order valence-electron chi connectivity index (χ2n) is 7.37. The number of aryl methyl sites for hydroxylation is 1. The van der Waals surface area contributed by atoms with Gasteiger partial charge in [0.05, 0.1) is 12.3 Å². The third-order valence-corrected chi connectivity index (χ3v) is 6.10. The van der Waals surface area contributed by atoms with Crippen LogP contribution >= 0.6 is 11.3 Å². The highest BCUT2D eigenvalue weighted by atomic mass is 32.1. The van der Waals surface area contributed by atoms with Crippen molar-refractivity contribution in [3.8, 4) is 10.9 Å². The summed E-state index contributed by atoms with van der Waals surface area (Å²) in [7, 11) is 0. The number of halogens is 1. The zero-order chi connectivity index (χ0) is 21.1. The molecule has 1 aliphatic carbocycles. The Kier molecular flexibility index (Phi) is 5.94. The highest BCUT2D eigenvalue weighted by molar-refractivity contribution is 7.16. The van der Waals surface area contributed by atoms with Crippen LogP contribution in [0.2, 0.25) is 0 Å². The number of pyridine rings is 1. The number of nitrogens with zero attached hydrogens (tertiary/aromatic N) is 2. The van der Waals surface area contributed by atoms with E-state index in [1.54, 1.807) is 31.3 Å². The quantitative estimate of drug-likeness (QED) is 0.593. The van der Waals surface area contributed by atoms with E-state index in [0.29, 0.717) is 28.1 Å². The van der Waals surface area contributed by atoms with Crippen LogP contribution in [0.4, 0.5) is 4.39 Å². The smallest absolute Gasteiger partial charge is 0.263 e. The van der Waals surface area contributed by atoms with Crippen LogP contribution in [0.5, 0.6) is 5.75 Å². The Morgan fingerprint density at radius 2 is 2.07 bits per heavy atom. The SMILES string of the molecule is Cc1nc(-n2ccc(OCCC3CC3)cc2=O)sc1C(=O)NCc1ccc(F)cc1. The van der Waals surface area contributed by atoms with Gasteiger partial charge in [0, 0.05) is 18.8 Å². The fourth-order valence-corrected chi connectivity index (χ4v) is 3.99. The topological polar surface area (TPSA) is 73.2 Å². The lowest BCUT2D eigenvalue weighted by atomic mass is 10.2. The Balaban J connectivity index is 1.42. The van der Waals surface area contributed by atoms with Crippen molar-refractivity contribution in [2.75, 3.05) is 6.61 Å². The normalized spacial score (nSPS) is 13.3. The first-order valence-electron chi connectivity index (χ1n) is 9.85. The molecule has 2 aromatic heterocycles. The molecule has 0 atom stereocenters. The molecule has 3 aromatic rings. The van der Waals surface area contributed by atoms with Gasteiger partial charge in [-0.05, 0) is 43.0 Å². The maximum atomic E-state index is 13.0. The predicted molar refractivity (Wildman–Crippen MR) is 113 cm³/mol. The van der Waals surface area contributed by atoms with E-state index in [9.17, 15) is 14.0 Å². The molecule has 156 valence electrons. The lowest BCUT2D eigenvalue weighted by Gasteiger charge is -2.06. The standard InChI is InChI=1S/C22H22FN3O3S/c1-14-20(21(28)24-13-16-4-6-17(23)7-5-16)30-22(25-14)26-10-8-18(12-19(26)27)29-11-9-15-2-3-15/h4-8,10,12,15H,2-3,9,11,13H2,1H3,(H,24,28). The van der Waals surface area contributed by atoms with Gasteiger partial charge in [-0.25, -0.2) is 9.37 Å². The summed E-state index contributed by atoms with van der Waals surface area (Å²) in [6.07, 6.45) is 5.18. The van der Waals surface area contributed by atoms with E-state index in [0.717, 1.165) is 29.2 Å². The van der Waals surface area contributed by atoms with Gasteiger partial charge in [0.15, 0.2) is 5.13 Å². The largest absolute Gasteiger partial charge is 0.493 e. The number of amides is 1. The Bertz CT molecular complexity index is 1100. The summed E-state index contributed by atoms with van der Waals surface area (Å²) >= 11 is 1.15. The molecule has 4 rings (SSSR count). The Morgan fingerprint density at radius 1 is 1.30 bits per heavy atom. The average molecular weight is 428 g/mol. The van der Waals surface area contributed by atoms with Crippen LogP contribution in [0.3, 0.4) is 0 Å². The van der Waals surface area contributed by atoms with Gasteiger partial charge in [0.1, 0.15) is 16.4 Å². The van der Waals surface area contributed by atoms with E-state index in [2.05, 4.69) is 10.3 Å². The first kappa shape index (κ1) is 20.3. The van der Waals surface area contributed by atoms with Crippen molar-refractivity contribution in [3.05, 3.63) is 74.9 Å². The summed E-state index contributed by atoms with van der Waals surface area (Å²) in [5.74, 6) is 0.713. The molecule has 0 saturated heterocycles. The number of hydrogen-bond acceptors (Lipinski definition) is 5. The highest BCUT2D eigenvalue weighted by Crippen LogP contribution is 2.32. The van der Waals surface area contributed by atoms with E-state index < -0.39 is 0 Å². The number of ether oxygens (including phenoxy) is 1. The van der Waals surface area contributed by atoms with Crippen molar-refractivity contribution in [1.29, 1.82) is 0 Å². The van der Waals surface area contributed by atoms with Crippen molar-refractivity contribution in [2.45, 2.75) is 32.7 Å². The predicted octanol–water partition coefficient (Wildman–Crippen LogP) is 3.85. The van der Waals surface area contributed by atoms with Gasteiger partial charge in [-0.2, -0.15) is 0 Å². The summed E-state index contributed by atoms with van der Waals surface area (Å²) in [6, 6.07) is 9.12. The minimum atomic E-state index is -0.321. The van der Waals surface area contributed by atoms with Crippen LogP contribution in [-0.4, -0.2) is 22.1 Å². The second kappa shape index (κ2) is 8.79. The summed E-state index contributed by atoms with van der Waals surface area (Å²) in [5.41, 5.74) is 1.08. The number of nitrogens with one attached hydrogen (secondary N) is 1. The number of carbonyl (C=O) groups is 1. The zero-order valence-corrected chi connectivity index (χ0v) is 17.4. The van der Waals surface area contributed by atoms with Gasteiger partial charge in [0.25, 0.3) is 11.5 Å². The number of hydrogen-bond donors (Lipinski definition) is 1. The first-order chi connectivity index (χ1) is 14.5. The van der Waals surface area contributed by atoms with Crippen LogP contribution in [0, 0.1) is 18.7 Å². The lowest BCUT2D eigenvalue weighted by molar-refractivity contribution is 0.0954. The molecule has 8 heteroatoms.